The number of nitrogens with one attached hydrogen (secondary N) is 1. The summed E-state index contributed by atoms with van der Waals surface area (Å²) in [5.74, 6) is 5.30. The van der Waals surface area contributed by atoms with E-state index in [-0.39, 0.29) is 23.8 Å². The van der Waals surface area contributed by atoms with Crippen molar-refractivity contribution in [1.82, 2.24) is 10.3 Å². The van der Waals surface area contributed by atoms with Gasteiger partial charge in [-0.15, -0.1) is 0 Å². The van der Waals surface area contributed by atoms with Crippen molar-refractivity contribution in [2.24, 2.45) is 17.2 Å². The first-order valence-electron chi connectivity index (χ1n) is 6.12. The molecule has 5 heteroatoms. The highest BCUT2D eigenvalue weighted by Gasteiger charge is 2.30. The van der Waals surface area contributed by atoms with Crippen LogP contribution in [0.15, 0.2) is 0 Å². The second-order valence-corrected chi connectivity index (χ2v) is 5.77. The van der Waals surface area contributed by atoms with E-state index in [1.165, 1.54) is 0 Å². The van der Waals surface area contributed by atoms with E-state index in [1.807, 2.05) is 0 Å². The minimum absolute atomic E-state index is 0.0559. The van der Waals surface area contributed by atoms with Crippen LogP contribution >= 0.6 is 0 Å². The molecule has 1 aliphatic rings. The molecule has 0 aliphatic carbocycles. The molecule has 1 saturated heterocycles. The lowest BCUT2D eigenvalue weighted by molar-refractivity contribution is -0.135. The summed E-state index contributed by atoms with van der Waals surface area (Å²) in [6.07, 6.45) is 2.38. The summed E-state index contributed by atoms with van der Waals surface area (Å²) in [7, 11) is 0. The minimum Gasteiger partial charge on any atom is -0.333 e. The number of carbonyl (C=O) groups is 2. The lowest BCUT2D eigenvalue weighted by Crippen LogP contribution is -2.42. The van der Waals surface area contributed by atoms with Crippen molar-refractivity contribution in [1.29, 1.82) is 0 Å². The Labute approximate surface area is 103 Å². The second-order valence-electron chi connectivity index (χ2n) is 5.77. The standard InChI is InChI=1S/C12H23N3O2/c1-12(2,3)9-4-5-11(17)15(7-6-9)8-10(16)14-13/h9H,4-8,13H2,1-3H3,(H,14,16). The van der Waals surface area contributed by atoms with E-state index in [1.54, 1.807) is 4.90 Å². The summed E-state index contributed by atoms with van der Waals surface area (Å²) < 4.78 is 0. The summed E-state index contributed by atoms with van der Waals surface area (Å²) >= 11 is 0. The van der Waals surface area contributed by atoms with Crippen LogP contribution < -0.4 is 11.3 Å². The Morgan fingerprint density at radius 1 is 1.47 bits per heavy atom. The summed E-state index contributed by atoms with van der Waals surface area (Å²) in [6, 6.07) is 0. The minimum atomic E-state index is -0.312. The number of nitrogens with two attached hydrogens (primary N) is 1. The summed E-state index contributed by atoms with van der Waals surface area (Å²) in [4.78, 5) is 24.6. The zero-order chi connectivity index (χ0) is 13.1. The zero-order valence-corrected chi connectivity index (χ0v) is 11.0. The van der Waals surface area contributed by atoms with Crippen LogP contribution in [-0.4, -0.2) is 29.8 Å². The molecule has 1 heterocycles. The molecular formula is C12H23N3O2. The van der Waals surface area contributed by atoms with Gasteiger partial charge >= 0.3 is 0 Å². The second kappa shape index (κ2) is 5.49. The van der Waals surface area contributed by atoms with Crippen LogP contribution in [0.5, 0.6) is 0 Å². The van der Waals surface area contributed by atoms with E-state index in [9.17, 15) is 9.59 Å². The predicted octanol–water partition coefficient (Wildman–Crippen LogP) is 0.651. The van der Waals surface area contributed by atoms with Crippen molar-refractivity contribution in [3.63, 3.8) is 0 Å². The fraction of sp³-hybridized carbons (Fsp3) is 0.833. The highest BCUT2D eigenvalue weighted by atomic mass is 16.2. The molecule has 17 heavy (non-hydrogen) atoms. The van der Waals surface area contributed by atoms with Crippen molar-refractivity contribution in [3.8, 4) is 0 Å². The van der Waals surface area contributed by atoms with Gasteiger partial charge in [-0.1, -0.05) is 20.8 Å². The maximum atomic E-state index is 11.8. The number of hydrogen-bond donors (Lipinski definition) is 2. The monoisotopic (exact) mass is 241 g/mol. The average molecular weight is 241 g/mol. The lowest BCUT2D eigenvalue weighted by atomic mass is 9.77. The van der Waals surface area contributed by atoms with Gasteiger partial charge in [-0.05, 0) is 24.2 Å². The van der Waals surface area contributed by atoms with E-state index in [0.29, 0.717) is 18.9 Å². The van der Waals surface area contributed by atoms with E-state index in [4.69, 9.17) is 5.84 Å². The number of nitrogens with zero attached hydrogens (tertiary/aromatic N) is 1. The fourth-order valence-electron chi connectivity index (χ4n) is 2.29. The van der Waals surface area contributed by atoms with Gasteiger partial charge in [0.2, 0.25) is 5.91 Å². The zero-order valence-electron chi connectivity index (χ0n) is 11.0. The molecule has 0 saturated carbocycles. The Balaban J connectivity index is 2.61. The van der Waals surface area contributed by atoms with E-state index in [2.05, 4.69) is 26.2 Å². The van der Waals surface area contributed by atoms with E-state index >= 15 is 0 Å². The van der Waals surface area contributed by atoms with Crippen LogP contribution in [0.1, 0.15) is 40.0 Å². The molecule has 1 atom stereocenters. The number of carbonyl (C=O) groups excluding carboxylic acids is 2. The van der Waals surface area contributed by atoms with Crippen molar-refractivity contribution >= 4 is 11.8 Å². The van der Waals surface area contributed by atoms with Crippen molar-refractivity contribution in [2.75, 3.05) is 13.1 Å². The Hall–Kier alpha value is -1.10. The topological polar surface area (TPSA) is 75.4 Å². The first-order valence-corrected chi connectivity index (χ1v) is 6.12. The van der Waals surface area contributed by atoms with Crippen LogP contribution in [0.2, 0.25) is 0 Å². The molecule has 0 aromatic rings. The van der Waals surface area contributed by atoms with Gasteiger partial charge in [-0.25, -0.2) is 5.84 Å². The molecule has 0 aromatic carbocycles. The fourth-order valence-corrected chi connectivity index (χ4v) is 2.29. The molecule has 1 aliphatic heterocycles. The highest BCUT2D eigenvalue weighted by Crippen LogP contribution is 2.34. The van der Waals surface area contributed by atoms with Crippen molar-refractivity contribution < 1.29 is 9.59 Å². The average Bonchev–Trinajstić information content (AvgIpc) is 2.41. The Bertz CT molecular complexity index is 297. The van der Waals surface area contributed by atoms with Crippen LogP contribution in [0.3, 0.4) is 0 Å². The molecule has 1 rings (SSSR count). The van der Waals surface area contributed by atoms with E-state index < -0.39 is 0 Å². The molecule has 0 aromatic heterocycles. The summed E-state index contributed by atoms with van der Waals surface area (Å²) in [6.45, 7) is 7.32. The number of rotatable bonds is 2. The number of amides is 2. The molecule has 5 nitrogen and oxygen atoms in total. The van der Waals surface area contributed by atoms with Gasteiger partial charge in [0.25, 0.3) is 5.91 Å². The first kappa shape index (κ1) is 14.0. The van der Waals surface area contributed by atoms with Crippen molar-refractivity contribution in [3.05, 3.63) is 0 Å². The number of likely N-dealkylation sites (tertiary alicyclic amines) is 1. The maximum Gasteiger partial charge on any atom is 0.253 e. The van der Waals surface area contributed by atoms with Crippen LogP contribution in [0.4, 0.5) is 0 Å². The van der Waals surface area contributed by atoms with Crippen LogP contribution in [0, 0.1) is 11.3 Å². The number of hydrogen-bond acceptors (Lipinski definition) is 3. The van der Waals surface area contributed by atoms with Crippen LogP contribution in [-0.2, 0) is 9.59 Å². The maximum absolute atomic E-state index is 11.8. The van der Waals surface area contributed by atoms with Gasteiger partial charge in [0, 0.05) is 13.0 Å². The Kier molecular flexibility index (Phi) is 4.51. The van der Waals surface area contributed by atoms with Gasteiger partial charge in [0.05, 0.1) is 0 Å². The third-order valence-electron chi connectivity index (χ3n) is 3.53. The molecule has 98 valence electrons. The van der Waals surface area contributed by atoms with Gasteiger partial charge in [-0.3, -0.25) is 15.0 Å². The first-order chi connectivity index (χ1) is 7.84. The largest absolute Gasteiger partial charge is 0.333 e. The molecule has 0 radical (unpaired) electrons. The number of hydrazine groups is 1. The quantitative estimate of drug-likeness (QED) is 0.423. The molecule has 2 amide bonds. The molecular weight excluding hydrogens is 218 g/mol. The third-order valence-corrected chi connectivity index (χ3v) is 3.53. The van der Waals surface area contributed by atoms with Crippen molar-refractivity contribution in [2.45, 2.75) is 40.0 Å². The van der Waals surface area contributed by atoms with Crippen LogP contribution in [0.25, 0.3) is 0 Å². The molecule has 0 bridgehead atoms. The highest BCUT2D eigenvalue weighted by molar-refractivity contribution is 5.84. The SMILES string of the molecule is CC(C)(C)C1CCC(=O)N(CC(=O)NN)CC1. The van der Waals surface area contributed by atoms with Gasteiger partial charge in [-0.2, -0.15) is 0 Å². The van der Waals surface area contributed by atoms with Gasteiger partial charge in [0.1, 0.15) is 6.54 Å². The molecule has 1 unspecified atom stereocenters. The third kappa shape index (κ3) is 4.00. The smallest absolute Gasteiger partial charge is 0.253 e. The molecule has 3 N–H and O–H groups in total. The summed E-state index contributed by atoms with van der Waals surface area (Å²) in [5, 5.41) is 0. The Morgan fingerprint density at radius 3 is 2.65 bits per heavy atom. The van der Waals surface area contributed by atoms with E-state index in [0.717, 1.165) is 12.8 Å². The molecule has 1 fully saturated rings. The summed E-state index contributed by atoms with van der Waals surface area (Å²) in [5.41, 5.74) is 2.28. The normalized spacial score (nSPS) is 22.2. The van der Waals surface area contributed by atoms with Gasteiger partial charge in [0.15, 0.2) is 0 Å². The predicted molar refractivity (Wildman–Crippen MR) is 65.7 cm³/mol. The lowest BCUT2D eigenvalue weighted by Gasteiger charge is -2.29. The van der Waals surface area contributed by atoms with Gasteiger partial charge < -0.3 is 4.90 Å². The molecule has 0 spiro atoms. The Morgan fingerprint density at radius 2 is 2.12 bits per heavy atom.